The van der Waals surface area contributed by atoms with Crippen LogP contribution in [0.3, 0.4) is 0 Å². The Labute approximate surface area is 121 Å². The number of amides is 2. The van der Waals surface area contributed by atoms with Gasteiger partial charge in [0, 0.05) is 11.4 Å². The van der Waals surface area contributed by atoms with Gasteiger partial charge in [0.05, 0.1) is 11.3 Å². The normalized spacial score (nSPS) is 9.95. The lowest BCUT2D eigenvalue weighted by atomic mass is 10.1. The Kier molecular flexibility index (Phi) is 4.08. The van der Waals surface area contributed by atoms with Crippen molar-refractivity contribution >= 4 is 29.1 Å². The zero-order valence-corrected chi connectivity index (χ0v) is 11.4. The van der Waals surface area contributed by atoms with Crippen LogP contribution in [0.25, 0.3) is 0 Å². The summed E-state index contributed by atoms with van der Waals surface area (Å²) in [5.41, 5.74) is 7.61. The molecule has 0 aliphatic rings. The van der Waals surface area contributed by atoms with Gasteiger partial charge in [0.1, 0.15) is 0 Å². The van der Waals surface area contributed by atoms with Crippen molar-refractivity contribution in [3.8, 4) is 0 Å². The quantitative estimate of drug-likeness (QED) is 0.651. The van der Waals surface area contributed by atoms with Crippen LogP contribution in [0.5, 0.6) is 0 Å². The number of carbonyl (C=O) groups excluding carboxylic acids is 1. The van der Waals surface area contributed by atoms with Gasteiger partial charge in [-0.3, -0.25) is 0 Å². The molecular formula is C15H15N3O3. The lowest BCUT2D eigenvalue weighted by Gasteiger charge is -2.11. The van der Waals surface area contributed by atoms with Gasteiger partial charge in [0.2, 0.25) is 0 Å². The number of nitrogens with two attached hydrogens (primary N) is 1. The molecule has 0 aromatic heterocycles. The molecule has 21 heavy (non-hydrogen) atoms. The average molecular weight is 285 g/mol. The molecule has 6 nitrogen and oxygen atoms in total. The maximum atomic E-state index is 11.9. The first-order valence-electron chi connectivity index (χ1n) is 6.23. The van der Waals surface area contributed by atoms with Crippen LogP contribution in [-0.4, -0.2) is 17.1 Å². The van der Waals surface area contributed by atoms with Gasteiger partial charge in [-0.05, 0) is 42.8 Å². The number of benzene rings is 2. The summed E-state index contributed by atoms with van der Waals surface area (Å²) < 4.78 is 0. The van der Waals surface area contributed by atoms with Crippen molar-refractivity contribution in [1.29, 1.82) is 0 Å². The number of carbonyl (C=O) groups is 2. The Morgan fingerprint density at radius 3 is 2.52 bits per heavy atom. The van der Waals surface area contributed by atoms with E-state index in [-0.39, 0.29) is 11.3 Å². The molecule has 2 aromatic carbocycles. The summed E-state index contributed by atoms with van der Waals surface area (Å²) in [6.45, 7) is 1.91. The minimum absolute atomic E-state index is 0.0607. The topological polar surface area (TPSA) is 104 Å². The van der Waals surface area contributed by atoms with Gasteiger partial charge in [-0.15, -0.1) is 0 Å². The first-order valence-corrected chi connectivity index (χ1v) is 6.23. The lowest BCUT2D eigenvalue weighted by Crippen LogP contribution is -2.21. The van der Waals surface area contributed by atoms with Gasteiger partial charge in [-0.1, -0.05) is 12.1 Å². The van der Waals surface area contributed by atoms with Crippen LogP contribution in [0.2, 0.25) is 0 Å². The van der Waals surface area contributed by atoms with Crippen LogP contribution in [0.4, 0.5) is 21.9 Å². The molecule has 0 unspecified atom stereocenters. The smallest absolute Gasteiger partial charge is 0.337 e. The van der Waals surface area contributed by atoms with Crippen LogP contribution in [0.15, 0.2) is 42.5 Å². The van der Waals surface area contributed by atoms with E-state index in [4.69, 9.17) is 10.8 Å². The van der Waals surface area contributed by atoms with Crippen LogP contribution in [0.1, 0.15) is 15.9 Å². The predicted molar refractivity (Wildman–Crippen MR) is 81.6 cm³/mol. The van der Waals surface area contributed by atoms with E-state index >= 15 is 0 Å². The molecular weight excluding hydrogens is 270 g/mol. The number of carboxylic acids is 1. The van der Waals surface area contributed by atoms with Gasteiger partial charge >= 0.3 is 12.0 Å². The fourth-order valence-corrected chi connectivity index (χ4v) is 1.86. The van der Waals surface area contributed by atoms with E-state index < -0.39 is 12.0 Å². The standard InChI is InChI=1S/C15H15N3O3/c1-9-3-2-4-11(7-9)17-15(21)18-13-6-5-10(16)8-12(13)14(19)20/h2-8H,16H2,1H3,(H,19,20)(H2,17,18,21). The summed E-state index contributed by atoms with van der Waals surface area (Å²) in [4.78, 5) is 23.0. The van der Waals surface area contributed by atoms with E-state index in [2.05, 4.69) is 10.6 Å². The zero-order chi connectivity index (χ0) is 15.4. The van der Waals surface area contributed by atoms with E-state index in [1.165, 1.54) is 18.2 Å². The van der Waals surface area contributed by atoms with Crippen molar-refractivity contribution < 1.29 is 14.7 Å². The Hall–Kier alpha value is -3.02. The Morgan fingerprint density at radius 1 is 1.10 bits per heavy atom. The SMILES string of the molecule is Cc1cccc(NC(=O)Nc2ccc(N)cc2C(=O)O)c1. The monoisotopic (exact) mass is 285 g/mol. The van der Waals surface area contributed by atoms with Crippen LogP contribution >= 0.6 is 0 Å². The second kappa shape index (κ2) is 5.96. The first kappa shape index (κ1) is 14.4. The number of anilines is 3. The third-order valence-corrected chi connectivity index (χ3v) is 2.80. The predicted octanol–water partition coefficient (Wildman–Crippen LogP) is 2.92. The fourth-order valence-electron chi connectivity index (χ4n) is 1.86. The fraction of sp³-hybridized carbons (Fsp3) is 0.0667. The summed E-state index contributed by atoms with van der Waals surface area (Å²) in [5, 5.41) is 14.2. The van der Waals surface area contributed by atoms with Crippen LogP contribution < -0.4 is 16.4 Å². The summed E-state index contributed by atoms with van der Waals surface area (Å²) in [6.07, 6.45) is 0. The molecule has 0 radical (unpaired) electrons. The van der Waals surface area contributed by atoms with Gasteiger partial charge in [-0.25, -0.2) is 9.59 Å². The highest BCUT2D eigenvalue weighted by Gasteiger charge is 2.13. The number of hydrogen-bond donors (Lipinski definition) is 4. The minimum atomic E-state index is -1.16. The van der Waals surface area contributed by atoms with Crippen molar-refractivity contribution in [1.82, 2.24) is 0 Å². The summed E-state index contributed by atoms with van der Waals surface area (Å²) in [6, 6.07) is 11.0. The van der Waals surface area contributed by atoms with Gasteiger partial charge in [0.25, 0.3) is 0 Å². The van der Waals surface area contributed by atoms with Crippen molar-refractivity contribution in [3.63, 3.8) is 0 Å². The molecule has 108 valence electrons. The Balaban J connectivity index is 2.15. The van der Waals surface area contributed by atoms with Crippen molar-refractivity contribution in [2.45, 2.75) is 6.92 Å². The molecule has 2 amide bonds. The summed E-state index contributed by atoms with van der Waals surface area (Å²) in [5.74, 6) is -1.16. The number of hydrogen-bond acceptors (Lipinski definition) is 3. The number of nitrogens with one attached hydrogen (secondary N) is 2. The second-order valence-corrected chi connectivity index (χ2v) is 4.56. The molecule has 5 N–H and O–H groups in total. The highest BCUT2D eigenvalue weighted by Crippen LogP contribution is 2.19. The van der Waals surface area contributed by atoms with Crippen molar-refractivity contribution in [2.75, 3.05) is 16.4 Å². The summed E-state index contributed by atoms with van der Waals surface area (Å²) in [7, 11) is 0. The molecule has 0 heterocycles. The lowest BCUT2D eigenvalue weighted by molar-refractivity contribution is 0.0698. The molecule has 6 heteroatoms. The number of rotatable bonds is 3. The van der Waals surface area contributed by atoms with Gasteiger partial charge < -0.3 is 21.5 Å². The van der Waals surface area contributed by atoms with Gasteiger partial charge in [0.15, 0.2) is 0 Å². The number of nitrogen functional groups attached to an aromatic ring is 1. The Bertz CT molecular complexity index is 698. The molecule has 2 aromatic rings. The number of aryl methyl sites for hydroxylation is 1. The first-order chi connectivity index (χ1) is 9.95. The molecule has 0 spiro atoms. The zero-order valence-electron chi connectivity index (χ0n) is 11.4. The highest BCUT2D eigenvalue weighted by molar-refractivity contribution is 6.05. The average Bonchev–Trinajstić information content (AvgIpc) is 2.40. The maximum absolute atomic E-state index is 11.9. The molecule has 0 fully saturated rings. The van der Waals surface area contributed by atoms with Crippen LogP contribution in [0, 0.1) is 6.92 Å². The van der Waals surface area contributed by atoms with E-state index in [0.717, 1.165) is 5.56 Å². The van der Waals surface area contributed by atoms with E-state index in [9.17, 15) is 9.59 Å². The Morgan fingerprint density at radius 2 is 1.86 bits per heavy atom. The van der Waals surface area contributed by atoms with E-state index in [0.29, 0.717) is 11.4 Å². The van der Waals surface area contributed by atoms with Crippen molar-refractivity contribution in [3.05, 3.63) is 53.6 Å². The van der Waals surface area contributed by atoms with E-state index in [1.54, 1.807) is 12.1 Å². The molecule has 0 saturated carbocycles. The van der Waals surface area contributed by atoms with Crippen molar-refractivity contribution in [2.24, 2.45) is 0 Å². The molecule has 0 saturated heterocycles. The third-order valence-electron chi connectivity index (χ3n) is 2.80. The number of aromatic carboxylic acids is 1. The molecule has 2 rings (SSSR count). The van der Waals surface area contributed by atoms with Crippen LogP contribution in [-0.2, 0) is 0 Å². The number of carboxylic acid groups (broad SMARTS) is 1. The second-order valence-electron chi connectivity index (χ2n) is 4.56. The summed E-state index contributed by atoms with van der Waals surface area (Å²) >= 11 is 0. The maximum Gasteiger partial charge on any atom is 0.337 e. The molecule has 0 aliphatic carbocycles. The largest absolute Gasteiger partial charge is 0.478 e. The molecule has 0 atom stereocenters. The molecule has 0 bridgehead atoms. The highest BCUT2D eigenvalue weighted by atomic mass is 16.4. The molecule has 0 aliphatic heterocycles. The van der Waals surface area contributed by atoms with E-state index in [1.807, 2.05) is 19.1 Å². The third kappa shape index (κ3) is 3.73. The number of urea groups is 1. The van der Waals surface area contributed by atoms with Gasteiger partial charge in [-0.2, -0.15) is 0 Å². The minimum Gasteiger partial charge on any atom is -0.478 e.